The Morgan fingerprint density at radius 3 is 2.34 bits per heavy atom. The average molecular weight is 504 g/mol. The van der Waals surface area contributed by atoms with E-state index < -0.39 is 28.5 Å². The number of hydrogen-bond donors (Lipinski definition) is 1. The van der Waals surface area contributed by atoms with Gasteiger partial charge in [0.05, 0.1) is 19.1 Å². The van der Waals surface area contributed by atoms with Gasteiger partial charge in [-0.05, 0) is 42.5 Å². The Labute approximate surface area is 209 Å². The first-order valence-electron chi connectivity index (χ1n) is 11.7. The van der Waals surface area contributed by atoms with Crippen molar-refractivity contribution in [3.63, 3.8) is 0 Å². The number of rotatable bonds is 12. The molecule has 0 aliphatic rings. The Bertz CT molecular complexity index is 1120. The summed E-state index contributed by atoms with van der Waals surface area (Å²) < 4.78 is 31.6. The van der Waals surface area contributed by atoms with E-state index in [1.54, 1.807) is 24.3 Å². The van der Waals surface area contributed by atoms with Crippen molar-refractivity contribution >= 4 is 27.5 Å². The van der Waals surface area contributed by atoms with E-state index in [-0.39, 0.29) is 18.4 Å². The molecular formula is C26H37N3O5S. The van der Waals surface area contributed by atoms with Gasteiger partial charge >= 0.3 is 0 Å². The molecule has 0 bridgehead atoms. The summed E-state index contributed by atoms with van der Waals surface area (Å²) in [5, 5.41) is 2.92. The second-order valence-electron chi connectivity index (χ2n) is 8.98. The van der Waals surface area contributed by atoms with E-state index in [1.165, 1.54) is 12.0 Å². The third-order valence-corrected chi connectivity index (χ3v) is 6.83. The maximum absolute atomic E-state index is 13.7. The predicted molar refractivity (Wildman–Crippen MR) is 139 cm³/mol. The summed E-state index contributed by atoms with van der Waals surface area (Å²) in [6.07, 6.45) is 1.44. The molecule has 9 heteroatoms. The molecule has 0 aromatic heterocycles. The summed E-state index contributed by atoms with van der Waals surface area (Å²) in [5.41, 5.74) is 2.19. The summed E-state index contributed by atoms with van der Waals surface area (Å²) in [4.78, 5) is 28.3. The molecule has 2 aromatic carbocycles. The van der Waals surface area contributed by atoms with Gasteiger partial charge in [-0.2, -0.15) is 0 Å². The van der Waals surface area contributed by atoms with Crippen LogP contribution in [0.4, 0.5) is 5.69 Å². The second kappa shape index (κ2) is 12.6. The molecule has 0 radical (unpaired) electrons. The predicted octanol–water partition coefficient (Wildman–Crippen LogP) is 3.35. The first-order chi connectivity index (χ1) is 16.5. The molecule has 1 N–H and O–H groups in total. The van der Waals surface area contributed by atoms with Crippen LogP contribution in [-0.4, -0.2) is 57.6 Å². The molecule has 0 heterocycles. The van der Waals surface area contributed by atoms with Gasteiger partial charge in [0.2, 0.25) is 21.8 Å². The van der Waals surface area contributed by atoms with Gasteiger partial charge in [0.15, 0.2) is 0 Å². The van der Waals surface area contributed by atoms with Crippen molar-refractivity contribution in [2.24, 2.45) is 5.92 Å². The van der Waals surface area contributed by atoms with Gasteiger partial charge in [-0.1, -0.05) is 51.1 Å². The van der Waals surface area contributed by atoms with Crippen molar-refractivity contribution in [2.75, 3.05) is 30.8 Å². The van der Waals surface area contributed by atoms with E-state index in [2.05, 4.69) is 5.32 Å². The summed E-state index contributed by atoms with van der Waals surface area (Å²) in [7, 11) is -2.31. The molecule has 0 saturated carbocycles. The highest BCUT2D eigenvalue weighted by Crippen LogP contribution is 2.24. The van der Waals surface area contributed by atoms with E-state index in [0.29, 0.717) is 24.4 Å². The summed E-state index contributed by atoms with van der Waals surface area (Å²) >= 11 is 0. The van der Waals surface area contributed by atoms with Crippen molar-refractivity contribution < 1.29 is 22.7 Å². The quantitative estimate of drug-likeness (QED) is 0.479. The molecule has 192 valence electrons. The van der Waals surface area contributed by atoms with Gasteiger partial charge in [0, 0.05) is 19.2 Å². The second-order valence-corrected chi connectivity index (χ2v) is 10.9. The minimum absolute atomic E-state index is 0.189. The number of ether oxygens (including phenoxy) is 1. The number of aryl methyl sites for hydroxylation is 1. The van der Waals surface area contributed by atoms with Gasteiger partial charge < -0.3 is 15.0 Å². The number of nitrogens with zero attached hydrogens (tertiary/aromatic N) is 2. The Hall–Kier alpha value is -3.07. The highest BCUT2D eigenvalue weighted by Gasteiger charge is 2.32. The van der Waals surface area contributed by atoms with Gasteiger partial charge in [-0.25, -0.2) is 8.42 Å². The van der Waals surface area contributed by atoms with E-state index in [0.717, 1.165) is 21.7 Å². The Balaban J connectivity index is 2.45. The van der Waals surface area contributed by atoms with Crippen molar-refractivity contribution in [3.8, 4) is 5.75 Å². The number of amides is 2. The van der Waals surface area contributed by atoms with Gasteiger partial charge in [0.1, 0.15) is 18.3 Å². The number of anilines is 1. The van der Waals surface area contributed by atoms with Crippen molar-refractivity contribution in [1.82, 2.24) is 10.2 Å². The lowest BCUT2D eigenvalue weighted by Gasteiger charge is -2.33. The lowest BCUT2D eigenvalue weighted by molar-refractivity contribution is -0.140. The van der Waals surface area contributed by atoms with Crippen LogP contribution in [0.15, 0.2) is 48.5 Å². The van der Waals surface area contributed by atoms with Gasteiger partial charge in [0.25, 0.3) is 0 Å². The third kappa shape index (κ3) is 7.99. The number of sulfonamides is 1. The SMILES string of the molecule is CCC(C(=O)NCC(C)C)N(Cc1ccccc1C)C(=O)CN(c1cccc(OC)c1)S(C)(=O)=O. The van der Waals surface area contributed by atoms with Crippen LogP contribution in [0.5, 0.6) is 5.75 Å². The molecule has 0 aliphatic carbocycles. The zero-order valence-corrected chi connectivity index (χ0v) is 22.3. The zero-order chi connectivity index (χ0) is 26.2. The molecule has 0 saturated heterocycles. The molecule has 2 rings (SSSR count). The lowest BCUT2D eigenvalue weighted by Crippen LogP contribution is -2.52. The first-order valence-corrected chi connectivity index (χ1v) is 13.6. The number of hydrogen-bond acceptors (Lipinski definition) is 5. The maximum atomic E-state index is 13.7. The van der Waals surface area contributed by atoms with E-state index in [4.69, 9.17) is 4.74 Å². The van der Waals surface area contributed by atoms with E-state index >= 15 is 0 Å². The van der Waals surface area contributed by atoms with Crippen molar-refractivity contribution in [2.45, 2.75) is 46.7 Å². The molecule has 0 spiro atoms. The molecule has 2 amide bonds. The van der Waals surface area contributed by atoms with Crippen molar-refractivity contribution in [3.05, 3.63) is 59.7 Å². The van der Waals surface area contributed by atoms with Crippen LogP contribution in [0.1, 0.15) is 38.3 Å². The monoisotopic (exact) mass is 503 g/mol. The summed E-state index contributed by atoms with van der Waals surface area (Å²) in [5.74, 6) is 0.00842. The standard InChI is InChI=1S/C26H37N3O5S/c1-7-24(26(31)27-16-19(2)3)28(17-21-12-9-8-11-20(21)4)25(30)18-29(35(6,32)33)22-13-10-14-23(15-22)34-5/h8-15,19,24H,7,16-18H2,1-6H3,(H,27,31). The summed E-state index contributed by atoms with van der Waals surface area (Å²) in [6.45, 7) is 8.01. The van der Waals surface area contributed by atoms with Crippen LogP contribution in [0, 0.1) is 12.8 Å². The lowest BCUT2D eigenvalue weighted by atomic mass is 10.1. The van der Waals surface area contributed by atoms with Crippen LogP contribution < -0.4 is 14.4 Å². The van der Waals surface area contributed by atoms with Crippen LogP contribution in [0.3, 0.4) is 0 Å². The minimum Gasteiger partial charge on any atom is -0.497 e. The molecule has 1 unspecified atom stereocenters. The first kappa shape index (κ1) is 28.2. The van der Waals surface area contributed by atoms with Crippen LogP contribution in [-0.2, 0) is 26.2 Å². The summed E-state index contributed by atoms with van der Waals surface area (Å²) in [6, 6.07) is 13.4. The number of methoxy groups -OCH3 is 1. The number of carbonyl (C=O) groups excluding carboxylic acids is 2. The normalized spacial score (nSPS) is 12.2. The Morgan fingerprint density at radius 1 is 1.09 bits per heavy atom. The maximum Gasteiger partial charge on any atom is 0.244 e. The largest absolute Gasteiger partial charge is 0.497 e. The molecule has 8 nitrogen and oxygen atoms in total. The van der Waals surface area contributed by atoms with Crippen molar-refractivity contribution in [1.29, 1.82) is 0 Å². The van der Waals surface area contributed by atoms with Gasteiger partial charge in [-0.3, -0.25) is 13.9 Å². The average Bonchev–Trinajstić information content (AvgIpc) is 2.81. The Kier molecular flexibility index (Phi) is 10.1. The molecule has 2 aromatic rings. The fraction of sp³-hybridized carbons (Fsp3) is 0.462. The smallest absolute Gasteiger partial charge is 0.244 e. The van der Waals surface area contributed by atoms with Crippen LogP contribution >= 0.6 is 0 Å². The molecule has 35 heavy (non-hydrogen) atoms. The number of carbonyl (C=O) groups is 2. The van der Waals surface area contributed by atoms with Gasteiger partial charge in [-0.15, -0.1) is 0 Å². The zero-order valence-electron chi connectivity index (χ0n) is 21.4. The minimum atomic E-state index is -3.80. The highest BCUT2D eigenvalue weighted by atomic mass is 32.2. The fourth-order valence-electron chi connectivity index (χ4n) is 3.69. The fourth-order valence-corrected chi connectivity index (χ4v) is 4.53. The number of benzene rings is 2. The molecule has 1 atom stereocenters. The Morgan fingerprint density at radius 2 is 1.77 bits per heavy atom. The molecule has 0 fully saturated rings. The number of nitrogens with one attached hydrogen (secondary N) is 1. The highest BCUT2D eigenvalue weighted by molar-refractivity contribution is 7.92. The topological polar surface area (TPSA) is 96.0 Å². The van der Waals surface area contributed by atoms with Crippen LogP contribution in [0.25, 0.3) is 0 Å². The van der Waals surface area contributed by atoms with E-state index in [1.807, 2.05) is 52.0 Å². The molecule has 0 aliphatic heterocycles. The third-order valence-electron chi connectivity index (χ3n) is 5.69. The molecular weight excluding hydrogens is 466 g/mol. The van der Waals surface area contributed by atoms with E-state index in [9.17, 15) is 18.0 Å². The van der Waals surface area contributed by atoms with Crippen LogP contribution in [0.2, 0.25) is 0 Å².